The summed E-state index contributed by atoms with van der Waals surface area (Å²) < 4.78 is 2.65. The SMILES string of the molecule is CCCCCCCCn1c(-c2ccccc2)cc(-c2ccccc2)c1CCCCC. The number of nitrogens with zero attached hydrogens (tertiary/aromatic N) is 1. The van der Waals surface area contributed by atoms with Crippen LogP contribution in [-0.4, -0.2) is 4.57 Å². The fraction of sp³-hybridized carbons (Fsp3) is 0.448. The van der Waals surface area contributed by atoms with Gasteiger partial charge in [0.2, 0.25) is 0 Å². The normalized spacial score (nSPS) is 11.1. The first-order valence-corrected chi connectivity index (χ1v) is 12.2. The average Bonchev–Trinajstić information content (AvgIpc) is 3.16. The Bertz CT molecular complexity index is 845. The van der Waals surface area contributed by atoms with Gasteiger partial charge in [0, 0.05) is 23.5 Å². The molecule has 1 nitrogen and oxygen atoms in total. The lowest BCUT2D eigenvalue weighted by molar-refractivity contribution is 0.547. The Morgan fingerprint density at radius 2 is 1.17 bits per heavy atom. The molecule has 0 radical (unpaired) electrons. The summed E-state index contributed by atoms with van der Waals surface area (Å²) in [6.45, 7) is 5.72. The van der Waals surface area contributed by atoms with Crippen molar-refractivity contribution in [2.45, 2.75) is 84.6 Å². The van der Waals surface area contributed by atoms with E-state index in [0.717, 1.165) is 6.54 Å². The van der Waals surface area contributed by atoms with Crippen LogP contribution in [0.1, 0.15) is 77.3 Å². The van der Waals surface area contributed by atoms with Crippen molar-refractivity contribution in [1.29, 1.82) is 0 Å². The van der Waals surface area contributed by atoms with Crippen LogP contribution < -0.4 is 0 Å². The first-order chi connectivity index (χ1) is 14.8. The zero-order valence-corrected chi connectivity index (χ0v) is 19.1. The van der Waals surface area contributed by atoms with E-state index < -0.39 is 0 Å². The number of benzene rings is 2. The van der Waals surface area contributed by atoms with Crippen LogP contribution in [0.2, 0.25) is 0 Å². The fourth-order valence-electron chi connectivity index (χ4n) is 4.42. The van der Waals surface area contributed by atoms with E-state index in [4.69, 9.17) is 0 Å². The minimum atomic E-state index is 1.13. The van der Waals surface area contributed by atoms with Crippen LogP contribution in [0.25, 0.3) is 22.4 Å². The molecule has 0 unspecified atom stereocenters. The van der Waals surface area contributed by atoms with Gasteiger partial charge in [-0.2, -0.15) is 0 Å². The lowest BCUT2D eigenvalue weighted by atomic mass is 10.0. The van der Waals surface area contributed by atoms with E-state index in [2.05, 4.69) is 85.1 Å². The van der Waals surface area contributed by atoms with E-state index in [0.29, 0.717) is 0 Å². The molecule has 0 aliphatic carbocycles. The van der Waals surface area contributed by atoms with E-state index >= 15 is 0 Å². The fourth-order valence-corrected chi connectivity index (χ4v) is 4.42. The van der Waals surface area contributed by atoms with Crippen molar-refractivity contribution in [1.82, 2.24) is 4.57 Å². The summed E-state index contributed by atoms with van der Waals surface area (Å²) in [6.07, 6.45) is 13.1. The standard InChI is InChI=1S/C29H39N/c1-3-5-7-8-9-17-23-30-28(22-12-6-4-2)27(25-18-13-10-14-19-25)24-29(30)26-20-15-11-16-21-26/h10-11,13-16,18-21,24H,3-9,12,17,22-23H2,1-2H3. The molecule has 0 aliphatic heterocycles. The second-order valence-corrected chi connectivity index (χ2v) is 8.50. The molecule has 1 heterocycles. The van der Waals surface area contributed by atoms with Crippen molar-refractivity contribution in [2.75, 3.05) is 0 Å². The summed E-state index contributed by atoms with van der Waals surface area (Å²) in [7, 11) is 0. The second-order valence-electron chi connectivity index (χ2n) is 8.50. The number of unbranched alkanes of at least 4 members (excludes halogenated alkanes) is 7. The Labute approximate surface area is 184 Å². The summed E-state index contributed by atoms with van der Waals surface area (Å²) >= 11 is 0. The highest BCUT2D eigenvalue weighted by molar-refractivity contribution is 5.75. The van der Waals surface area contributed by atoms with Gasteiger partial charge in [0.1, 0.15) is 0 Å². The maximum absolute atomic E-state index is 2.65. The monoisotopic (exact) mass is 401 g/mol. The van der Waals surface area contributed by atoms with Crippen molar-refractivity contribution < 1.29 is 0 Å². The molecule has 160 valence electrons. The molecule has 1 aromatic heterocycles. The van der Waals surface area contributed by atoms with Crippen molar-refractivity contribution in [2.24, 2.45) is 0 Å². The van der Waals surface area contributed by atoms with Crippen LogP contribution in [0.4, 0.5) is 0 Å². The van der Waals surface area contributed by atoms with Gasteiger partial charge in [-0.3, -0.25) is 0 Å². The molecule has 0 aliphatic rings. The van der Waals surface area contributed by atoms with Crippen molar-refractivity contribution in [3.8, 4) is 22.4 Å². The molecule has 0 saturated carbocycles. The smallest absolute Gasteiger partial charge is 0.0488 e. The van der Waals surface area contributed by atoms with E-state index in [1.165, 1.54) is 92.3 Å². The largest absolute Gasteiger partial charge is 0.344 e. The Balaban J connectivity index is 1.93. The number of hydrogen-bond acceptors (Lipinski definition) is 0. The van der Waals surface area contributed by atoms with Crippen LogP contribution in [0.5, 0.6) is 0 Å². The second kappa shape index (κ2) is 12.4. The highest BCUT2D eigenvalue weighted by Gasteiger charge is 2.17. The Hall–Kier alpha value is -2.28. The quantitative estimate of drug-likeness (QED) is 0.252. The van der Waals surface area contributed by atoms with Gasteiger partial charge in [-0.05, 0) is 36.5 Å². The molecule has 3 rings (SSSR count). The number of aromatic nitrogens is 1. The first-order valence-electron chi connectivity index (χ1n) is 12.2. The van der Waals surface area contributed by atoms with E-state index in [-0.39, 0.29) is 0 Å². The topological polar surface area (TPSA) is 4.93 Å². The third kappa shape index (κ3) is 6.11. The highest BCUT2D eigenvalue weighted by atomic mass is 15.0. The zero-order valence-electron chi connectivity index (χ0n) is 19.1. The van der Waals surface area contributed by atoms with E-state index in [9.17, 15) is 0 Å². The lowest BCUT2D eigenvalue weighted by Gasteiger charge is -2.15. The van der Waals surface area contributed by atoms with Crippen LogP contribution in [0.3, 0.4) is 0 Å². The van der Waals surface area contributed by atoms with Crippen LogP contribution in [0.15, 0.2) is 66.7 Å². The van der Waals surface area contributed by atoms with Crippen LogP contribution >= 0.6 is 0 Å². The van der Waals surface area contributed by atoms with E-state index in [1.807, 2.05) is 0 Å². The zero-order chi connectivity index (χ0) is 21.0. The van der Waals surface area contributed by atoms with Gasteiger partial charge in [-0.25, -0.2) is 0 Å². The third-order valence-electron chi connectivity index (χ3n) is 6.12. The van der Waals surface area contributed by atoms with Crippen molar-refractivity contribution in [3.63, 3.8) is 0 Å². The molecule has 3 aromatic rings. The van der Waals surface area contributed by atoms with Gasteiger partial charge >= 0.3 is 0 Å². The van der Waals surface area contributed by atoms with Gasteiger partial charge in [0.25, 0.3) is 0 Å². The van der Waals surface area contributed by atoms with Gasteiger partial charge < -0.3 is 4.57 Å². The number of rotatable bonds is 13. The Morgan fingerprint density at radius 1 is 0.600 bits per heavy atom. The first kappa shape index (κ1) is 22.4. The molecular formula is C29H39N. The molecular weight excluding hydrogens is 362 g/mol. The van der Waals surface area contributed by atoms with Gasteiger partial charge in [-0.1, -0.05) is 119 Å². The van der Waals surface area contributed by atoms with Crippen molar-refractivity contribution in [3.05, 3.63) is 72.4 Å². The van der Waals surface area contributed by atoms with Crippen LogP contribution in [0, 0.1) is 0 Å². The Kier molecular flexibility index (Phi) is 9.28. The number of hydrogen-bond donors (Lipinski definition) is 0. The molecule has 0 N–H and O–H groups in total. The molecule has 0 spiro atoms. The molecule has 0 amide bonds. The molecule has 30 heavy (non-hydrogen) atoms. The van der Waals surface area contributed by atoms with Crippen LogP contribution in [-0.2, 0) is 13.0 Å². The van der Waals surface area contributed by atoms with Gasteiger partial charge in [0.05, 0.1) is 0 Å². The molecule has 0 atom stereocenters. The molecule has 1 heteroatoms. The van der Waals surface area contributed by atoms with Crippen molar-refractivity contribution >= 4 is 0 Å². The summed E-state index contributed by atoms with van der Waals surface area (Å²) in [5, 5.41) is 0. The summed E-state index contributed by atoms with van der Waals surface area (Å²) in [5.41, 5.74) is 7.03. The molecule has 0 bridgehead atoms. The Morgan fingerprint density at radius 3 is 1.83 bits per heavy atom. The summed E-state index contributed by atoms with van der Waals surface area (Å²) in [5.74, 6) is 0. The third-order valence-corrected chi connectivity index (χ3v) is 6.12. The average molecular weight is 402 g/mol. The molecule has 2 aromatic carbocycles. The summed E-state index contributed by atoms with van der Waals surface area (Å²) in [6, 6.07) is 24.4. The molecule has 0 saturated heterocycles. The molecule has 0 fully saturated rings. The predicted molar refractivity (Wildman–Crippen MR) is 132 cm³/mol. The predicted octanol–water partition coefficient (Wildman–Crippen LogP) is 8.92. The maximum Gasteiger partial charge on any atom is 0.0488 e. The summed E-state index contributed by atoms with van der Waals surface area (Å²) in [4.78, 5) is 0. The minimum Gasteiger partial charge on any atom is -0.344 e. The maximum atomic E-state index is 2.65. The lowest BCUT2D eigenvalue weighted by Crippen LogP contribution is -2.06. The highest BCUT2D eigenvalue weighted by Crippen LogP contribution is 2.34. The van der Waals surface area contributed by atoms with Gasteiger partial charge in [0.15, 0.2) is 0 Å². The minimum absolute atomic E-state index is 1.13. The van der Waals surface area contributed by atoms with Gasteiger partial charge in [-0.15, -0.1) is 0 Å². The van der Waals surface area contributed by atoms with E-state index in [1.54, 1.807) is 0 Å².